The first-order valence-corrected chi connectivity index (χ1v) is 8.21. The molecular formula is C15H19F3N2O6. The number of carboxylic acids is 2. The van der Waals surface area contributed by atoms with Crippen LogP contribution in [0.4, 0.5) is 18.0 Å². The van der Waals surface area contributed by atoms with E-state index in [0.29, 0.717) is 30.6 Å². The van der Waals surface area contributed by atoms with Crippen molar-refractivity contribution in [3.63, 3.8) is 0 Å². The van der Waals surface area contributed by atoms with Crippen molar-refractivity contribution >= 4 is 18.0 Å². The molecule has 4 aliphatic rings. The van der Waals surface area contributed by atoms with Crippen LogP contribution in [0.1, 0.15) is 12.8 Å². The summed E-state index contributed by atoms with van der Waals surface area (Å²) in [7, 11) is 0. The maximum atomic E-state index is 12.1. The molecular weight excluding hydrogens is 361 g/mol. The predicted molar refractivity (Wildman–Crippen MR) is 77.9 cm³/mol. The molecule has 3 aliphatic carbocycles. The van der Waals surface area contributed by atoms with Gasteiger partial charge in [0, 0.05) is 25.7 Å². The summed E-state index contributed by atoms with van der Waals surface area (Å²) >= 11 is 0. The van der Waals surface area contributed by atoms with Crippen LogP contribution < -0.4 is 5.32 Å². The van der Waals surface area contributed by atoms with Crippen molar-refractivity contribution in [3.8, 4) is 0 Å². The average Bonchev–Trinajstić information content (AvgIpc) is 3.31. The van der Waals surface area contributed by atoms with Gasteiger partial charge in [-0.05, 0) is 36.5 Å². The van der Waals surface area contributed by atoms with Crippen molar-refractivity contribution in [2.24, 2.45) is 29.1 Å². The largest absolute Gasteiger partial charge is 0.490 e. The summed E-state index contributed by atoms with van der Waals surface area (Å²) < 4.78 is 31.7. The Balaban J connectivity index is 0.000000242. The molecule has 146 valence electrons. The van der Waals surface area contributed by atoms with E-state index in [1.54, 1.807) is 0 Å². The summed E-state index contributed by atoms with van der Waals surface area (Å²) in [5.74, 6) is -1.96. The number of nitrogens with one attached hydrogen (secondary N) is 1. The summed E-state index contributed by atoms with van der Waals surface area (Å²) in [4.78, 5) is 33.8. The molecule has 0 radical (unpaired) electrons. The highest BCUT2D eigenvalue weighted by Crippen LogP contribution is 2.67. The van der Waals surface area contributed by atoms with Crippen LogP contribution in [0.3, 0.4) is 0 Å². The lowest BCUT2D eigenvalue weighted by Gasteiger charge is -2.34. The Morgan fingerprint density at radius 3 is 2.00 bits per heavy atom. The van der Waals surface area contributed by atoms with Gasteiger partial charge < -0.3 is 25.5 Å². The van der Waals surface area contributed by atoms with Crippen LogP contribution >= 0.6 is 0 Å². The Bertz CT molecular complexity index is 629. The highest BCUT2D eigenvalue weighted by Gasteiger charge is 2.72. The highest BCUT2D eigenvalue weighted by molar-refractivity contribution is 5.82. The van der Waals surface area contributed by atoms with E-state index in [1.165, 1.54) is 0 Å². The van der Waals surface area contributed by atoms with Crippen LogP contribution in [0.2, 0.25) is 0 Å². The quantitative estimate of drug-likeness (QED) is 0.560. The first-order chi connectivity index (χ1) is 12.0. The molecule has 1 aliphatic heterocycles. The maximum Gasteiger partial charge on any atom is 0.490 e. The van der Waals surface area contributed by atoms with E-state index >= 15 is 0 Å². The molecule has 0 spiro atoms. The van der Waals surface area contributed by atoms with Crippen LogP contribution in [0.15, 0.2) is 0 Å². The number of carbonyl (C=O) groups excluding carboxylic acids is 1. The van der Waals surface area contributed by atoms with Crippen molar-refractivity contribution in [1.29, 1.82) is 0 Å². The fourth-order valence-electron chi connectivity index (χ4n) is 4.29. The summed E-state index contributed by atoms with van der Waals surface area (Å²) in [6.07, 6.45) is -3.79. The van der Waals surface area contributed by atoms with Gasteiger partial charge in [-0.2, -0.15) is 13.2 Å². The number of alkyl halides is 3. The van der Waals surface area contributed by atoms with Crippen molar-refractivity contribution < 1.29 is 42.9 Å². The number of rotatable bonds is 3. The fraction of sp³-hybridized carbons (Fsp3) is 0.800. The van der Waals surface area contributed by atoms with Crippen LogP contribution in [-0.4, -0.2) is 70.1 Å². The number of fused-ring (bicyclic) bond motifs is 2. The summed E-state index contributed by atoms with van der Waals surface area (Å²) in [5, 5.41) is 28.2. The Labute approximate surface area is 146 Å². The number of amides is 2. The van der Waals surface area contributed by atoms with Gasteiger partial charge in [-0.3, -0.25) is 4.79 Å². The zero-order chi connectivity index (χ0) is 19.4. The number of nitrogens with zero attached hydrogens (tertiary/aromatic N) is 1. The van der Waals surface area contributed by atoms with Crippen molar-refractivity contribution in [3.05, 3.63) is 0 Å². The minimum atomic E-state index is -5.08. The SMILES string of the molecule is O=C(N[C@@H]1C[C@]2(C(=O)O)C[C@H]12)N1C[C@@H]2C(CO)[C@@H]2C1.O=C(O)C(F)(F)F. The Hall–Kier alpha value is -2.04. The molecule has 11 heteroatoms. The van der Waals surface area contributed by atoms with Gasteiger partial charge in [0.2, 0.25) is 0 Å². The number of likely N-dealkylation sites (tertiary alicyclic amines) is 1. The molecule has 4 fully saturated rings. The lowest BCUT2D eigenvalue weighted by molar-refractivity contribution is -0.192. The number of urea groups is 1. The first kappa shape index (κ1) is 18.7. The second-order valence-corrected chi connectivity index (χ2v) is 7.41. The van der Waals surface area contributed by atoms with Crippen LogP contribution in [0, 0.1) is 29.1 Å². The molecule has 1 saturated heterocycles. The number of hydrogen-bond donors (Lipinski definition) is 4. The summed E-state index contributed by atoms with van der Waals surface area (Å²) in [6, 6.07) is -0.00561. The second-order valence-electron chi connectivity index (χ2n) is 7.41. The molecule has 0 aromatic carbocycles. The molecule has 0 aromatic heterocycles. The van der Waals surface area contributed by atoms with Gasteiger partial charge in [0.25, 0.3) is 0 Å². The minimum Gasteiger partial charge on any atom is -0.481 e. The van der Waals surface area contributed by atoms with E-state index in [4.69, 9.17) is 20.1 Å². The van der Waals surface area contributed by atoms with Crippen LogP contribution in [0.25, 0.3) is 0 Å². The molecule has 4 rings (SSSR count). The number of carboxylic acid groups (broad SMARTS) is 2. The van der Waals surface area contributed by atoms with Gasteiger partial charge in [0.1, 0.15) is 0 Å². The molecule has 8 nitrogen and oxygen atoms in total. The molecule has 4 N–H and O–H groups in total. The number of aliphatic hydroxyl groups excluding tert-OH is 1. The number of piperidine rings is 1. The lowest BCUT2D eigenvalue weighted by atomic mass is 9.80. The smallest absolute Gasteiger partial charge is 0.481 e. The third-order valence-corrected chi connectivity index (χ3v) is 6.05. The first-order valence-electron chi connectivity index (χ1n) is 8.21. The summed E-state index contributed by atoms with van der Waals surface area (Å²) in [5.41, 5.74) is -0.507. The van der Waals surface area contributed by atoms with E-state index in [9.17, 15) is 22.8 Å². The maximum absolute atomic E-state index is 12.1. The zero-order valence-corrected chi connectivity index (χ0v) is 13.6. The second kappa shape index (κ2) is 6.00. The van der Waals surface area contributed by atoms with Gasteiger partial charge in [-0.1, -0.05) is 0 Å². The molecule has 3 saturated carbocycles. The minimum absolute atomic E-state index is 0.0502. The number of halogens is 3. The Morgan fingerprint density at radius 1 is 1.12 bits per heavy atom. The molecule has 1 unspecified atom stereocenters. The lowest BCUT2D eigenvalue weighted by Crippen LogP contribution is -2.52. The monoisotopic (exact) mass is 380 g/mol. The predicted octanol–water partition coefficient (Wildman–Crippen LogP) is 0.363. The molecule has 0 aromatic rings. The third kappa shape index (κ3) is 3.08. The van der Waals surface area contributed by atoms with Gasteiger partial charge in [-0.15, -0.1) is 0 Å². The molecule has 0 bridgehead atoms. The number of aliphatic hydroxyl groups is 1. The van der Waals surface area contributed by atoms with Gasteiger partial charge >= 0.3 is 24.1 Å². The topological polar surface area (TPSA) is 127 Å². The fourth-order valence-corrected chi connectivity index (χ4v) is 4.29. The number of hydrogen-bond acceptors (Lipinski definition) is 4. The Morgan fingerprint density at radius 2 is 1.65 bits per heavy atom. The highest BCUT2D eigenvalue weighted by atomic mass is 19.4. The van der Waals surface area contributed by atoms with E-state index < -0.39 is 23.5 Å². The van der Waals surface area contributed by atoms with E-state index in [-0.39, 0.29) is 24.6 Å². The van der Waals surface area contributed by atoms with E-state index in [0.717, 1.165) is 13.1 Å². The zero-order valence-electron chi connectivity index (χ0n) is 13.6. The molecule has 6 atom stereocenters. The standard InChI is InChI=1S/C13H18N2O4.C2HF3O2/c16-5-8-6-3-15(4-7(6)8)12(19)14-10-2-13(11(17)18)1-9(10)13;3-2(4,5)1(6)7/h6-10,16H,1-5H2,(H,14,19)(H,17,18);(H,6,7)/t6-,7+,8?,9-,10-,13-;/m1./s1. The average molecular weight is 380 g/mol. The van der Waals surface area contributed by atoms with Gasteiger partial charge in [0.05, 0.1) is 5.41 Å². The normalized spacial score (nSPS) is 38.8. The molecule has 1 heterocycles. The van der Waals surface area contributed by atoms with Crippen molar-refractivity contribution in [2.45, 2.75) is 25.1 Å². The van der Waals surface area contributed by atoms with Crippen LogP contribution in [0.5, 0.6) is 0 Å². The number of aliphatic carboxylic acids is 2. The Kier molecular flexibility index (Phi) is 4.32. The van der Waals surface area contributed by atoms with E-state index in [1.807, 2.05) is 4.90 Å². The molecule has 2 amide bonds. The molecule has 26 heavy (non-hydrogen) atoms. The van der Waals surface area contributed by atoms with Crippen LogP contribution in [-0.2, 0) is 9.59 Å². The van der Waals surface area contributed by atoms with E-state index in [2.05, 4.69) is 5.32 Å². The van der Waals surface area contributed by atoms with Gasteiger partial charge in [-0.25, -0.2) is 9.59 Å². The van der Waals surface area contributed by atoms with Gasteiger partial charge in [0.15, 0.2) is 0 Å². The number of carbonyl (C=O) groups is 3. The third-order valence-electron chi connectivity index (χ3n) is 6.05. The summed E-state index contributed by atoms with van der Waals surface area (Å²) in [6.45, 7) is 1.71. The van der Waals surface area contributed by atoms with Crippen molar-refractivity contribution in [1.82, 2.24) is 10.2 Å². The van der Waals surface area contributed by atoms with Crippen molar-refractivity contribution in [2.75, 3.05) is 19.7 Å².